The highest BCUT2D eigenvalue weighted by atomic mass is 16.1. The minimum atomic E-state index is 0.155. The molecule has 1 aromatic rings. The van der Waals surface area contributed by atoms with Crippen LogP contribution in [0.2, 0.25) is 0 Å². The number of fused-ring (bicyclic) bond motifs is 1. The fourth-order valence-electron chi connectivity index (χ4n) is 3.08. The molecule has 1 heterocycles. The Morgan fingerprint density at radius 3 is 2.68 bits per heavy atom. The van der Waals surface area contributed by atoms with Gasteiger partial charge in [-0.3, -0.25) is 4.79 Å². The van der Waals surface area contributed by atoms with Crippen LogP contribution in [0.1, 0.15) is 81.5 Å². The number of hydrogen-bond donors (Lipinski definition) is 1. The van der Waals surface area contributed by atoms with Gasteiger partial charge in [-0.05, 0) is 49.7 Å². The number of hydrogen-bond acceptors (Lipinski definition) is 1. The lowest BCUT2D eigenvalue weighted by molar-refractivity contribution is 0.595. The molecule has 1 N–H and O–H groups in total. The summed E-state index contributed by atoms with van der Waals surface area (Å²) < 4.78 is 0. The van der Waals surface area contributed by atoms with Gasteiger partial charge in [-0.2, -0.15) is 0 Å². The maximum absolute atomic E-state index is 12.2. The molecule has 1 aliphatic carbocycles. The quantitative estimate of drug-likeness (QED) is 0.860. The second-order valence-corrected chi connectivity index (χ2v) is 6.02. The van der Waals surface area contributed by atoms with E-state index in [2.05, 4.69) is 24.9 Å². The third kappa shape index (κ3) is 3.71. The molecule has 1 unspecified atom stereocenters. The Morgan fingerprint density at radius 1 is 1.21 bits per heavy atom. The summed E-state index contributed by atoms with van der Waals surface area (Å²) in [5.41, 5.74) is 3.77. The predicted octanol–water partition coefficient (Wildman–Crippen LogP) is 4.33. The molecule has 0 fully saturated rings. The van der Waals surface area contributed by atoms with Gasteiger partial charge in [0.05, 0.1) is 0 Å². The molecule has 2 rings (SSSR count). The van der Waals surface area contributed by atoms with Crippen LogP contribution in [-0.2, 0) is 12.8 Å². The van der Waals surface area contributed by atoms with Gasteiger partial charge >= 0.3 is 0 Å². The summed E-state index contributed by atoms with van der Waals surface area (Å²) in [6.45, 7) is 4.40. The number of aromatic amines is 1. The van der Waals surface area contributed by atoms with Crippen molar-refractivity contribution >= 4 is 0 Å². The summed E-state index contributed by atoms with van der Waals surface area (Å²) in [6.07, 6.45) is 10.8. The summed E-state index contributed by atoms with van der Waals surface area (Å²) in [5, 5.41) is 0. The van der Waals surface area contributed by atoms with E-state index in [4.69, 9.17) is 0 Å². The Bertz CT molecular complexity index is 461. The van der Waals surface area contributed by atoms with Gasteiger partial charge in [0.25, 0.3) is 5.56 Å². The van der Waals surface area contributed by atoms with Crippen LogP contribution in [0, 0.1) is 0 Å². The van der Waals surface area contributed by atoms with Gasteiger partial charge in [-0.1, -0.05) is 39.5 Å². The molecule has 0 spiro atoms. The van der Waals surface area contributed by atoms with Crippen molar-refractivity contribution < 1.29 is 0 Å². The van der Waals surface area contributed by atoms with E-state index in [0.717, 1.165) is 24.8 Å². The zero-order valence-electron chi connectivity index (χ0n) is 12.4. The molecule has 0 aliphatic heterocycles. The first-order chi connectivity index (χ1) is 9.22. The van der Waals surface area contributed by atoms with Gasteiger partial charge in [0.1, 0.15) is 0 Å². The van der Waals surface area contributed by atoms with Crippen molar-refractivity contribution in [3.8, 4) is 0 Å². The molecule has 2 nitrogen and oxygen atoms in total. The van der Waals surface area contributed by atoms with E-state index >= 15 is 0 Å². The lowest BCUT2D eigenvalue weighted by atomic mass is 9.91. The van der Waals surface area contributed by atoms with E-state index in [1.165, 1.54) is 49.8 Å². The molecule has 1 atom stereocenters. The Kier molecular flexibility index (Phi) is 5.24. The van der Waals surface area contributed by atoms with E-state index < -0.39 is 0 Å². The molecule has 2 heteroatoms. The van der Waals surface area contributed by atoms with E-state index in [1.807, 2.05) is 0 Å². The molecule has 0 radical (unpaired) electrons. The third-order valence-corrected chi connectivity index (χ3v) is 4.39. The molecule has 0 bridgehead atoms. The van der Waals surface area contributed by atoms with Gasteiger partial charge in [0.15, 0.2) is 0 Å². The highest BCUT2D eigenvalue weighted by Gasteiger charge is 2.14. The average Bonchev–Trinajstić information content (AvgIpc) is 2.38. The minimum Gasteiger partial charge on any atom is -0.326 e. The average molecular weight is 261 g/mol. The smallest absolute Gasteiger partial charge is 0.251 e. The van der Waals surface area contributed by atoms with Crippen LogP contribution in [-0.4, -0.2) is 4.98 Å². The molecule has 19 heavy (non-hydrogen) atoms. The Morgan fingerprint density at radius 2 is 1.95 bits per heavy atom. The highest BCUT2D eigenvalue weighted by Crippen LogP contribution is 2.23. The molecular formula is C17H27NO. The Labute approximate surface area is 116 Å². The van der Waals surface area contributed by atoms with E-state index in [-0.39, 0.29) is 5.56 Å². The Balaban J connectivity index is 2.25. The summed E-state index contributed by atoms with van der Waals surface area (Å²) in [4.78, 5) is 15.4. The standard InChI is InChI=1S/C17H27NO/c1-3-4-9-13(2)15-12-14-10-7-5-6-8-11-16(14)18-17(15)19/h12-13H,3-11H2,1-2H3,(H,18,19). The molecule has 1 aromatic heterocycles. The number of aryl methyl sites for hydroxylation is 2. The van der Waals surface area contributed by atoms with Crippen molar-refractivity contribution in [2.45, 2.75) is 77.6 Å². The zero-order chi connectivity index (χ0) is 13.7. The normalized spacial score (nSPS) is 17.4. The monoisotopic (exact) mass is 261 g/mol. The maximum Gasteiger partial charge on any atom is 0.251 e. The number of pyridine rings is 1. The molecule has 0 saturated heterocycles. The molecular weight excluding hydrogens is 234 g/mol. The Hall–Kier alpha value is -1.05. The maximum atomic E-state index is 12.2. The van der Waals surface area contributed by atoms with Crippen molar-refractivity contribution in [2.75, 3.05) is 0 Å². The van der Waals surface area contributed by atoms with E-state index in [0.29, 0.717) is 5.92 Å². The molecule has 0 aromatic carbocycles. The number of H-pyrrole nitrogens is 1. The fourth-order valence-corrected chi connectivity index (χ4v) is 3.08. The van der Waals surface area contributed by atoms with Crippen LogP contribution in [0.15, 0.2) is 10.9 Å². The van der Waals surface area contributed by atoms with Crippen LogP contribution in [0.3, 0.4) is 0 Å². The molecule has 0 saturated carbocycles. The van der Waals surface area contributed by atoms with E-state index in [9.17, 15) is 4.79 Å². The number of nitrogens with one attached hydrogen (secondary N) is 1. The van der Waals surface area contributed by atoms with Gasteiger partial charge in [0.2, 0.25) is 0 Å². The second kappa shape index (κ2) is 6.93. The van der Waals surface area contributed by atoms with Crippen LogP contribution < -0.4 is 5.56 Å². The lowest BCUT2D eigenvalue weighted by Crippen LogP contribution is -2.19. The van der Waals surface area contributed by atoms with Crippen LogP contribution in [0.4, 0.5) is 0 Å². The van der Waals surface area contributed by atoms with Gasteiger partial charge in [-0.15, -0.1) is 0 Å². The van der Waals surface area contributed by atoms with Crippen LogP contribution >= 0.6 is 0 Å². The summed E-state index contributed by atoms with van der Waals surface area (Å²) in [6, 6.07) is 2.21. The highest BCUT2D eigenvalue weighted by molar-refractivity contribution is 5.28. The SMILES string of the molecule is CCCCC(C)c1cc2c([nH]c1=O)CCCCCC2. The van der Waals surface area contributed by atoms with Crippen molar-refractivity contribution in [2.24, 2.45) is 0 Å². The van der Waals surface area contributed by atoms with Crippen molar-refractivity contribution in [1.29, 1.82) is 0 Å². The first kappa shape index (κ1) is 14.4. The number of rotatable bonds is 4. The van der Waals surface area contributed by atoms with Crippen molar-refractivity contribution in [1.82, 2.24) is 4.98 Å². The minimum absolute atomic E-state index is 0.155. The van der Waals surface area contributed by atoms with Gasteiger partial charge in [-0.25, -0.2) is 0 Å². The van der Waals surface area contributed by atoms with E-state index in [1.54, 1.807) is 0 Å². The van der Waals surface area contributed by atoms with Crippen molar-refractivity contribution in [3.63, 3.8) is 0 Å². The number of aromatic nitrogens is 1. The second-order valence-electron chi connectivity index (χ2n) is 6.02. The largest absolute Gasteiger partial charge is 0.326 e. The first-order valence-corrected chi connectivity index (χ1v) is 7.97. The summed E-state index contributed by atoms with van der Waals surface area (Å²) in [5.74, 6) is 0.388. The third-order valence-electron chi connectivity index (χ3n) is 4.39. The topological polar surface area (TPSA) is 32.9 Å². The van der Waals surface area contributed by atoms with Crippen molar-refractivity contribution in [3.05, 3.63) is 33.2 Å². The summed E-state index contributed by atoms with van der Waals surface area (Å²) in [7, 11) is 0. The molecule has 0 amide bonds. The van der Waals surface area contributed by atoms with Crippen LogP contribution in [0.25, 0.3) is 0 Å². The predicted molar refractivity (Wildman–Crippen MR) is 80.9 cm³/mol. The van der Waals surface area contributed by atoms with Gasteiger partial charge in [0, 0.05) is 11.3 Å². The fraction of sp³-hybridized carbons (Fsp3) is 0.706. The lowest BCUT2D eigenvalue weighted by Gasteiger charge is -2.17. The molecule has 106 valence electrons. The number of unbranched alkanes of at least 4 members (excludes halogenated alkanes) is 1. The zero-order valence-corrected chi connectivity index (χ0v) is 12.4. The first-order valence-electron chi connectivity index (χ1n) is 7.97. The van der Waals surface area contributed by atoms with Gasteiger partial charge < -0.3 is 4.98 Å². The van der Waals surface area contributed by atoms with Crippen LogP contribution in [0.5, 0.6) is 0 Å². The molecule has 1 aliphatic rings. The summed E-state index contributed by atoms with van der Waals surface area (Å²) >= 11 is 0.